The number of sulfonamides is 1. The van der Waals surface area contributed by atoms with Crippen LogP contribution >= 0.6 is 0 Å². The number of pyridine rings is 1. The highest BCUT2D eigenvalue weighted by Crippen LogP contribution is 2.25. The summed E-state index contributed by atoms with van der Waals surface area (Å²) in [6, 6.07) is 5.81. The summed E-state index contributed by atoms with van der Waals surface area (Å²) in [5.74, 6) is 1.02. The van der Waals surface area contributed by atoms with Crippen molar-refractivity contribution >= 4 is 26.8 Å². The number of carbonyl (C=O) groups excluding carboxylic acids is 1. The van der Waals surface area contributed by atoms with Gasteiger partial charge < -0.3 is 15.2 Å². The molecular weight excluding hydrogens is 440 g/mol. The van der Waals surface area contributed by atoms with Crippen LogP contribution in [0.5, 0.6) is 0 Å². The van der Waals surface area contributed by atoms with Crippen LogP contribution < -0.4 is 10.9 Å². The molecule has 2 saturated heterocycles. The fourth-order valence-electron chi connectivity index (χ4n) is 5.23. The normalized spacial score (nSPS) is 22.6. The highest BCUT2D eigenvalue weighted by Gasteiger charge is 2.28. The van der Waals surface area contributed by atoms with E-state index in [1.807, 2.05) is 0 Å². The third-order valence-electron chi connectivity index (χ3n) is 6.64. The van der Waals surface area contributed by atoms with Crippen molar-refractivity contribution in [1.29, 1.82) is 0 Å². The molecule has 3 heterocycles. The summed E-state index contributed by atoms with van der Waals surface area (Å²) in [5.41, 5.74) is 0.260. The second-order valence-corrected chi connectivity index (χ2v) is 11.6. The zero-order chi connectivity index (χ0) is 23.6. The molecule has 2 aliphatic heterocycles. The Morgan fingerprint density at radius 1 is 1.12 bits per heavy atom. The summed E-state index contributed by atoms with van der Waals surface area (Å²) in [5, 5.41) is 3.35. The number of aromatic nitrogens is 1. The average Bonchev–Trinajstić information content (AvgIpc) is 3.31. The van der Waals surface area contributed by atoms with E-state index in [9.17, 15) is 18.0 Å². The van der Waals surface area contributed by atoms with Crippen LogP contribution in [0, 0.1) is 11.8 Å². The molecule has 1 aromatic carbocycles. The Hall–Kier alpha value is -2.23. The monoisotopic (exact) mass is 474 g/mol. The molecule has 2 fully saturated rings. The lowest BCUT2D eigenvalue weighted by atomic mass is 9.92. The zero-order valence-corrected chi connectivity index (χ0v) is 20.3. The van der Waals surface area contributed by atoms with Crippen molar-refractivity contribution in [2.45, 2.75) is 44.4 Å². The molecule has 33 heavy (non-hydrogen) atoms. The molecule has 0 radical (unpaired) electrons. The summed E-state index contributed by atoms with van der Waals surface area (Å²) < 4.78 is 27.4. The van der Waals surface area contributed by atoms with Gasteiger partial charge in [-0.3, -0.25) is 9.59 Å². The fraction of sp³-hybridized carbons (Fsp3) is 0.583. The van der Waals surface area contributed by atoms with Crippen molar-refractivity contribution in [3.05, 3.63) is 40.2 Å². The number of hydrogen-bond acceptors (Lipinski definition) is 5. The largest absolute Gasteiger partial charge is 0.352 e. The maximum absolute atomic E-state index is 13.0. The number of piperidine rings is 1. The number of nitrogens with zero attached hydrogens (tertiary/aromatic N) is 2. The summed E-state index contributed by atoms with van der Waals surface area (Å²) in [6.07, 6.45) is 3.78. The van der Waals surface area contributed by atoms with E-state index in [4.69, 9.17) is 0 Å². The second-order valence-electron chi connectivity index (χ2n) is 9.68. The third-order valence-corrected chi connectivity index (χ3v) is 8.54. The second kappa shape index (κ2) is 9.95. The number of nitrogens with one attached hydrogen (secondary N) is 2. The number of rotatable bonds is 7. The molecule has 0 saturated carbocycles. The molecule has 1 aromatic heterocycles. The summed E-state index contributed by atoms with van der Waals surface area (Å²) in [4.78, 5) is 30.4. The first-order valence-corrected chi connectivity index (χ1v) is 13.4. The van der Waals surface area contributed by atoms with Crippen LogP contribution in [-0.2, 0) is 10.0 Å². The molecule has 0 unspecified atom stereocenters. The van der Waals surface area contributed by atoms with E-state index in [0.717, 1.165) is 38.9 Å². The number of amides is 1. The molecule has 2 aliphatic rings. The van der Waals surface area contributed by atoms with Crippen LogP contribution in [-0.4, -0.2) is 67.8 Å². The SMILES string of the molecule is C[C@@H]1C[C@H](C)CN(CCCNC(=O)c2cc(=O)[nH]c3ccc(S(=O)(=O)N4CCCC4)cc23)C1. The van der Waals surface area contributed by atoms with Crippen molar-refractivity contribution in [1.82, 2.24) is 19.5 Å². The Morgan fingerprint density at radius 3 is 2.52 bits per heavy atom. The minimum Gasteiger partial charge on any atom is -0.352 e. The van der Waals surface area contributed by atoms with Crippen molar-refractivity contribution in [3.8, 4) is 0 Å². The summed E-state index contributed by atoms with van der Waals surface area (Å²) >= 11 is 0. The Balaban J connectivity index is 1.48. The van der Waals surface area contributed by atoms with Crippen LogP contribution in [0.4, 0.5) is 0 Å². The maximum Gasteiger partial charge on any atom is 0.252 e. The van der Waals surface area contributed by atoms with E-state index in [2.05, 4.69) is 29.0 Å². The predicted molar refractivity (Wildman–Crippen MR) is 129 cm³/mol. The fourth-order valence-corrected chi connectivity index (χ4v) is 6.78. The highest BCUT2D eigenvalue weighted by molar-refractivity contribution is 7.89. The number of carbonyl (C=O) groups is 1. The Morgan fingerprint density at radius 2 is 1.82 bits per heavy atom. The van der Waals surface area contributed by atoms with Gasteiger partial charge in [-0.15, -0.1) is 0 Å². The molecule has 1 amide bonds. The van der Waals surface area contributed by atoms with Gasteiger partial charge in [0, 0.05) is 49.7 Å². The first-order valence-electron chi connectivity index (χ1n) is 11.9. The lowest BCUT2D eigenvalue weighted by Gasteiger charge is -2.34. The van der Waals surface area contributed by atoms with Gasteiger partial charge in [-0.05, 0) is 62.3 Å². The van der Waals surface area contributed by atoms with Crippen LogP contribution in [0.1, 0.15) is 49.9 Å². The van der Waals surface area contributed by atoms with Crippen molar-refractivity contribution in [2.75, 3.05) is 39.3 Å². The molecule has 4 rings (SSSR count). The van der Waals surface area contributed by atoms with E-state index >= 15 is 0 Å². The van der Waals surface area contributed by atoms with Crippen LogP contribution in [0.25, 0.3) is 10.9 Å². The van der Waals surface area contributed by atoms with E-state index in [-0.39, 0.29) is 21.9 Å². The van der Waals surface area contributed by atoms with Gasteiger partial charge >= 0.3 is 0 Å². The van der Waals surface area contributed by atoms with Crippen LogP contribution in [0.2, 0.25) is 0 Å². The molecule has 8 nitrogen and oxygen atoms in total. The van der Waals surface area contributed by atoms with Crippen molar-refractivity contribution in [3.63, 3.8) is 0 Å². The minimum absolute atomic E-state index is 0.145. The molecule has 9 heteroatoms. The van der Waals surface area contributed by atoms with Gasteiger partial charge in [0.05, 0.1) is 10.5 Å². The number of aromatic amines is 1. The Labute approximate surface area is 195 Å². The summed E-state index contributed by atoms with van der Waals surface area (Å²) in [7, 11) is -3.62. The number of benzene rings is 1. The third kappa shape index (κ3) is 5.47. The molecule has 0 aliphatic carbocycles. The molecule has 2 N–H and O–H groups in total. The molecule has 0 bridgehead atoms. The van der Waals surface area contributed by atoms with Crippen LogP contribution in [0.15, 0.2) is 34.0 Å². The highest BCUT2D eigenvalue weighted by atomic mass is 32.2. The lowest BCUT2D eigenvalue weighted by Crippen LogP contribution is -2.40. The van der Waals surface area contributed by atoms with Gasteiger partial charge in [-0.25, -0.2) is 8.42 Å². The minimum atomic E-state index is -3.62. The van der Waals surface area contributed by atoms with Crippen LogP contribution in [0.3, 0.4) is 0 Å². The standard InChI is InChI=1S/C24H34N4O4S/c1-17-12-18(2)16-27(15-17)9-5-8-25-24(30)21-14-23(29)26-22-7-6-19(13-20(21)22)33(31,32)28-10-3-4-11-28/h6-7,13-14,17-18H,3-5,8-12,15-16H2,1-2H3,(H,25,30)(H,26,29)/t17-,18+. The van der Waals surface area contributed by atoms with Crippen molar-refractivity contribution < 1.29 is 13.2 Å². The quantitative estimate of drug-likeness (QED) is 0.600. The van der Waals surface area contributed by atoms with E-state index < -0.39 is 10.0 Å². The van der Waals surface area contributed by atoms with Crippen molar-refractivity contribution in [2.24, 2.45) is 11.8 Å². The number of fused-ring (bicyclic) bond motifs is 1. The van der Waals surface area contributed by atoms with E-state index in [1.165, 1.54) is 28.9 Å². The van der Waals surface area contributed by atoms with Gasteiger partial charge in [0.25, 0.3) is 5.91 Å². The molecule has 0 spiro atoms. The number of hydrogen-bond donors (Lipinski definition) is 2. The predicted octanol–water partition coefficient (Wildman–Crippen LogP) is 2.41. The maximum atomic E-state index is 13.0. The molecule has 180 valence electrons. The first kappa shape index (κ1) is 23.9. The van der Waals surface area contributed by atoms with Gasteiger partial charge in [0.2, 0.25) is 15.6 Å². The number of H-pyrrole nitrogens is 1. The summed E-state index contributed by atoms with van der Waals surface area (Å²) in [6.45, 7) is 9.17. The first-order chi connectivity index (χ1) is 15.7. The molecule has 2 atom stereocenters. The van der Waals surface area contributed by atoms with E-state index in [1.54, 1.807) is 6.07 Å². The zero-order valence-electron chi connectivity index (χ0n) is 19.5. The molecular formula is C24H34N4O4S. The topological polar surface area (TPSA) is 103 Å². The smallest absolute Gasteiger partial charge is 0.252 e. The lowest BCUT2D eigenvalue weighted by molar-refractivity contribution is 0.0948. The van der Waals surface area contributed by atoms with Gasteiger partial charge in [0.15, 0.2) is 0 Å². The average molecular weight is 475 g/mol. The Bertz CT molecular complexity index is 1160. The Kier molecular flexibility index (Phi) is 7.21. The van der Waals surface area contributed by atoms with Gasteiger partial charge in [-0.1, -0.05) is 13.8 Å². The number of likely N-dealkylation sites (tertiary alicyclic amines) is 1. The van der Waals surface area contributed by atoms with Gasteiger partial charge in [-0.2, -0.15) is 4.31 Å². The van der Waals surface area contributed by atoms with Gasteiger partial charge in [0.1, 0.15) is 0 Å². The van der Waals surface area contributed by atoms with E-state index in [0.29, 0.717) is 42.4 Å². The molecule has 2 aromatic rings.